The molecule has 1 heterocycles. The highest BCUT2D eigenvalue weighted by Gasteiger charge is 2.22. The van der Waals surface area contributed by atoms with E-state index in [2.05, 4.69) is 26.8 Å². The van der Waals surface area contributed by atoms with Crippen LogP contribution in [0.4, 0.5) is 0 Å². The van der Waals surface area contributed by atoms with E-state index in [1.54, 1.807) is 11.8 Å². The molecule has 1 rings (SSSR count). The van der Waals surface area contributed by atoms with Gasteiger partial charge in [0.25, 0.3) is 0 Å². The van der Waals surface area contributed by atoms with Gasteiger partial charge < -0.3 is 0 Å². The number of rotatable bonds is 14. The number of carbonyl (C=O) groups is 1. The molecule has 26 heavy (non-hydrogen) atoms. The smallest absolute Gasteiger partial charge is 0.196 e. The van der Waals surface area contributed by atoms with Crippen molar-refractivity contribution in [2.45, 2.75) is 91.4 Å². The summed E-state index contributed by atoms with van der Waals surface area (Å²) >= 11 is 5.45. The molecule has 0 aliphatic carbocycles. The highest BCUT2D eigenvalue weighted by molar-refractivity contribution is 8.22. The van der Waals surface area contributed by atoms with Crippen molar-refractivity contribution in [3.63, 3.8) is 0 Å². The molecule has 0 amide bonds. The summed E-state index contributed by atoms with van der Waals surface area (Å²) < 4.78 is 1.38. The maximum atomic E-state index is 12.6. The van der Waals surface area contributed by atoms with E-state index in [1.807, 2.05) is 23.5 Å². The third-order valence-electron chi connectivity index (χ3n) is 4.83. The second-order valence-corrected chi connectivity index (χ2v) is 11.3. The lowest BCUT2D eigenvalue weighted by Gasteiger charge is -2.19. The molecule has 1 nitrogen and oxygen atoms in total. The zero-order chi connectivity index (χ0) is 19.0. The summed E-state index contributed by atoms with van der Waals surface area (Å²) in [6.45, 7) is 6.63. The van der Waals surface area contributed by atoms with Crippen molar-refractivity contribution in [3.05, 3.63) is 10.3 Å². The highest BCUT2D eigenvalue weighted by Crippen LogP contribution is 2.37. The van der Waals surface area contributed by atoms with E-state index in [0.29, 0.717) is 11.0 Å². The van der Waals surface area contributed by atoms with Crippen molar-refractivity contribution in [1.29, 1.82) is 0 Å². The lowest BCUT2D eigenvalue weighted by atomic mass is 9.98. The number of unbranched alkanes of at least 4 members (excludes halogenated alkanes) is 9. The summed E-state index contributed by atoms with van der Waals surface area (Å²) in [5.41, 5.74) is 0. The number of carbonyl (C=O) groups excluding carboxylic acids is 1. The molecule has 0 spiro atoms. The van der Waals surface area contributed by atoms with Gasteiger partial charge in [0.15, 0.2) is 5.12 Å². The summed E-state index contributed by atoms with van der Waals surface area (Å²) in [5.74, 6) is 3.92. The molecule has 1 fully saturated rings. The zero-order valence-corrected chi connectivity index (χ0v) is 19.7. The Kier molecular flexibility index (Phi) is 15.5. The van der Waals surface area contributed by atoms with Crippen LogP contribution in [0.3, 0.4) is 0 Å². The molecule has 0 radical (unpaired) electrons. The first kappa shape index (κ1) is 24.5. The molecule has 0 N–H and O–H groups in total. The highest BCUT2D eigenvalue weighted by atomic mass is 32.2. The summed E-state index contributed by atoms with van der Waals surface area (Å²) in [7, 11) is 0. The largest absolute Gasteiger partial charge is 0.287 e. The van der Waals surface area contributed by atoms with E-state index < -0.39 is 0 Å². The lowest BCUT2D eigenvalue weighted by Crippen LogP contribution is -2.16. The van der Waals surface area contributed by atoms with Crippen molar-refractivity contribution in [2.24, 2.45) is 11.8 Å². The predicted molar refractivity (Wildman–Crippen MR) is 125 cm³/mol. The number of hydrogen-bond acceptors (Lipinski definition) is 4. The van der Waals surface area contributed by atoms with Crippen LogP contribution in [0.25, 0.3) is 0 Å². The van der Waals surface area contributed by atoms with Gasteiger partial charge in [-0.2, -0.15) is 0 Å². The fourth-order valence-electron chi connectivity index (χ4n) is 3.08. The topological polar surface area (TPSA) is 17.1 Å². The van der Waals surface area contributed by atoms with Crippen LogP contribution in [0.1, 0.15) is 91.4 Å². The van der Waals surface area contributed by atoms with Gasteiger partial charge >= 0.3 is 0 Å². The van der Waals surface area contributed by atoms with Crippen LogP contribution < -0.4 is 0 Å². The number of allylic oxidation sites excluding steroid dienone is 1. The van der Waals surface area contributed by atoms with E-state index in [1.165, 1.54) is 86.4 Å². The minimum atomic E-state index is 0.0937. The monoisotopic (exact) mass is 416 g/mol. The third kappa shape index (κ3) is 12.0. The number of thioether (sulfide) groups is 3. The average Bonchev–Trinajstić information content (AvgIpc) is 2.64. The van der Waals surface area contributed by atoms with Gasteiger partial charge in [-0.1, -0.05) is 96.4 Å². The molecule has 0 aromatic rings. The molecule has 1 unspecified atom stereocenters. The average molecular weight is 417 g/mol. The molecule has 4 heteroatoms. The minimum Gasteiger partial charge on any atom is -0.287 e. The Morgan fingerprint density at radius 3 is 2.04 bits per heavy atom. The van der Waals surface area contributed by atoms with Gasteiger partial charge in [-0.15, -0.1) is 23.5 Å². The van der Waals surface area contributed by atoms with Crippen LogP contribution in [0.2, 0.25) is 0 Å². The molecule has 0 aromatic carbocycles. The molecule has 0 bridgehead atoms. The van der Waals surface area contributed by atoms with Gasteiger partial charge in [0.2, 0.25) is 0 Å². The second kappa shape index (κ2) is 16.4. The summed E-state index contributed by atoms with van der Waals surface area (Å²) in [4.78, 5) is 12.6. The van der Waals surface area contributed by atoms with Gasteiger partial charge in [0, 0.05) is 9.99 Å². The van der Waals surface area contributed by atoms with Gasteiger partial charge in [-0.3, -0.25) is 4.79 Å². The van der Waals surface area contributed by atoms with Crippen molar-refractivity contribution < 1.29 is 4.79 Å². The van der Waals surface area contributed by atoms with E-state index in [-0.39, 0.29) is 5.92 Å². The Morgan fingerprint density at radius 2 is 1.50 bits per heavy atom. The van der Waals surface area contributed by atoms with Crippen molar-refractivity contribution in [2.75, 3.05) is 17.3 Å². The fraction of sp³-hybridized carbons (Fsp3) is 0.864. The zero-order valence-electron chi connectivity index (χ0n) is 17.3. The molecule has 0 aromatic heterocycles. The molecule has 1 atom stereocenters. The van der Waals surface area contributed by atoms with Crippen molar-refractivity contribution in [1.82, 2.24) is 0 Å². The SMILES string of the molecule is CCCCCCCCCCCCSC(=O)C(C=C1SCCCS1)C(C)C. The lowest BCUT2D eigenvalue weighted by molar-refractivity contribution is -0.114. The standard InChI is InChI=1S/C22H40OS3/c1-4-5-6-7-8-9-10-11-12-13-15-26-22(23)20(19(2)3)18-21-24-16-14-17-25-21/h18-20H,4-17H2,1-3H3. The van der Waals surface area contributed by atoms with E-state index >= 15 is 0 Å². The van der Waals surface area contributed by atoms with Crippen LogP contribution in [0.15, 0.2) is 10.3 Å². The first-order valence-electron chi connectivity index (χ1n) is 10.8. The van der Waals surface area contributed by atoms with Crippen molar-refractivity contribution >= 4 is 40.4 Å². The molecule has 1 aliphatic heterocycles. The summed E-state index contributed by atoms with van der Waals surface area (Å²) in [5, 5.41) is 0.384. The predicted octanol–water partition coefficient (Wildman–Crippen LogP) is 8.15. The molecule has 1 saturated heterocycles. The molecule has 152 valence electrons. The van der Waals surface area contributed by atoms with Gasteiger partial charge in [-0.25, -0.2) is 0 Å². The van der Waals surface area contributed by atoms with E-state index in [9.17, 15) is 4.79 Å². The van der Waals surface area contributed by atoms with Gasteiger partial charge in [0.05, 0.1) is 5.92 Å². The quantitative estimate of drug-likeness (QED) is 0.265. The maximum Gasteiger partial charge on any atom is 0.196 e. The van der Waals surface area contributed by atoms with E-state index in [4.69, 9.17) is 0 Å². The maximum absolute atomic E-state index is 12.6. The van der Waals surface area contributed by atoms with Crippen LogP contribution in [0, 0.1) is 11.8 Å². The van der Waals surface area contributed by atoms with Gasteiger partial charge in [0.1, 0.15) is 0 Å². The van der Waals surface area contributed by atoms with Gasteiger partial charge in [-0.05, 0) is 30.3 Å². The molecule has 0 saturated carbocycles. The minimum absolute atomic E-state index is 0.0937. The number of hydrogen-bond donors (Lipinski definition) is 0. The fourth-order valence-corrected chi connectivity index (χ4v) is 6.64. The first-order chi connectivity index (χ1) is 12.6. The Morgan fingerprint density at radius 1 is 0.962 bits per heavy atom. The molecular weight excluding hydrogens is 376 g/mol. The van der Waals surface area contributed by atoms with Crippen LogP contribution in [-0.2, 0) is 4.79 Å². The Balaban J connectivity index is 2.10. The second-order valence-electron chi connectivity index (χ2n) is 7.66. The third-order valence-corrected chi connectivity index (χ3v) is 8.41. The molecular formula is C22H40OS3. The van der Waals surface area contributed by atoms with E-state index in [0.717, 1.165) is 5.75 Å². The Labute approximate surface area is 175 Å². The van der Waals surface area contributed by atoms with Crippen molar-refractivity contribution in [3.8, 4) is 0 Å². The van der Waals surface area contributed by atoms with Crippen LogP contribution in [0.5, 0.6) is 0 Å². The first-order valence-corrected chi connectivity index (χ1v) is 13.7. The summed E-state index contributed by atoms with van der Waals surface area (Å²) in [6, 6.07) is 0. The summed E-state index contributed by atoms with van der Waals surface area (Å²) in [6.07, 6.45) is 17.1. The van der Waals surface area contributed by atoms with Crippen LogP contribution in [-0.4, -0.2) is 22.4 Å². The molecule has 1 aliphatic rings. The Bertz CT molecular complexity index is 385. The van der Waals surface area contributed by atoms with Crippen LogP contribution >= 0.6 is 35.3 Å². The normalized spacial score (nSPS) is 16.1. The Hall–Kier alpha value is 0.460.